The van der Waals surface area contributed by atoms with E-state index in [-0.39, 0.29) is 5.84 Å². The number of nitrogens with zero attached hydrogens (tertiary/aromatic N) is 2. The molecular weight excluding hydrogens is 212 g/mol. The predicted molar refractivity (Wildman–Crippen MR) is 70.9 cm³/mol. The topological polar surface area (TPSA) is 66.0 Å². The van der Waals surface area contributed by atoms with Gasteiger partial charge in [0.15, 0.2) is 0 Å². The van der Waals surface area contributed by atoms with Crippen molar-refractivity contribution in [3.8, 4) is 0 Å². The van der Waals surface area contributed by atoms with Crippen molar-refractivity contribution in [1.29, 1.82) is 5.41 Å². The van der Waals surface area contributed by atoms with Gasteiger partial charge in [0.1, 0.15) is 0 Å². The summed E-state index contributed by atoms with van der Waals surface area (Å²) in [5.41, 5.74) is 6.61. The molecule has 0 fully saturated rings. The van der Waals surface area contributed by atoms with Crippen LogP contribution in [0.2, 0.25) is 0 Å². The molecule has 0 bridgehead atoms. The number of hydrogen-bond acceptors (Lipinski definition) is 3. The average Bonchev–Trinajstić information content (AvgIpc) is 2.26. The molecular formula is C13H22N4. The number of nitrogens with two attached hydrogens (primary N) is 1. The van der Waals surface area contributed by atoms with Gasteiger partial charge in [-0.05, 0) is 17.5 Å². The maximum Gasteiger partial charge on any atom is 0.0918 e. The van der Waals surface area contributed by atoms with Crippen molar-refractivity contribution in [2.75, 3.05) is 13.1 Å². The largest absolute Gasteiger partial charge is 0.388 e. The Bertz CT molecular complexity index is 335. The number of nitrogens with one attached hydrogen (secondary N) is 1. The smallest absolute Gasteiger partial charge is 0.0918 e. The van der Waals surface area contributed by atoms with Gasteiger partial charge in [0, 0.05) is 38.4 Å². The molecule has 4 nitrogen and oxygen atoms in total. The lowest BCUT2D eigenvalue weighted by atomic mass is 10.1. The first kappa shape index (κ1) is 13.6. The van der Waals surface area contributed by atoms with Gasteiger partial charge in [-0.25, -0.2) is 0 Å². The van der Waals surface area contributed by atoms with Gasteiger partial charge in [-0.2, -0.15) is 0 Å². The normalized spacial score (nSPS) is 11.1. The van der Waals surface area contributed by atoms with Crippen LogP contribution in [0.1, 0.15) is 25.8 Å². The minimum Gasteiger partial charge on any atom is -0.388 e. The highest BCUT2D eigenvalue weighted by Crippen LogP contribution is 2.06. The van der Waals surface area contributed by atoms with Gasteiger partial charge in [0.25, 0.3) is 0 Å². The Balaban J connectivity index is 2.53. The maximum atomic E-state index is 7.29. The van der Waals surface area contributed by atoms with E-state index in [4.69, 9.17) is 11.1 Å². The lowest BCUT2D eigenvalue weighted by molar-refractivity contribution is 0.242. The Hall–Kier alpha value is -1.42. The van der Waals surface area contributed by atoms with Gasteiger partial charge < -0.3 is 5.73 Å². The van der Waals surface area contributed by atoms with E-state index in [1.807, 2.05) is 12.3 Å². The Morgan fingerprint density at radius 3 is 2.82 bits per heavy atom. The summed E-state index contributed by atoms with van der Waals surface area (Å²) in [6, 6.07) is 4.03. The standard InChI is InChI=1S/C13H22N4/c1-11(2)9-17(7-5-13(14)15)10-12-4-3-6-16-8-12/h3-4,6,8,11H,5,7,9-10H2,1-2H3,(H3,14,15). The van der Waals surface area contributed by atoms with E-state index >= 15 is 0 Å². The van der Waals surface area contributed by atoms with Crippen LogP contribution >= 0.6 is 0 Å². The van der Waals surface area contributed by atoms with Crippen molar-refractivity contribution in [3.05, 3.63) is 30.1 Å². The second-order valence-electron chi connectivity index (χ2n) is 4.77. The van der Waals surface area contributed by atoms with Crippen LogP contribution in [0.4, 0.5) is 0 Å². The SMILES string of the molecule is CC(C)CN(CCC(=N)N)Cc1cccnc1. The molecule has 0 unspecified atom stereocenters. The van der Waals surface area contributed by atoms with Gasteiger partial charge >= 0.3 is 0 Å². The summed E-state index contributed by atoms with van der Waals surface area (Å²) < 4.78 is 0. The average molecular weight is 234 g/mol. The molecule has 0 atom stereocenters. The van der Waals surface area contributed by atoms with E-state index in [0.29, 0.717) is 12.3 Å². The van der Waals surface area contributed by atoms with Crippen molar-refractivity contribution < 1.29 is 0 Å². The molecule has 0 spiro atoms. The summed E-state index contributed by atoms with van der Waals surface area (Å²) in [6.45, 7) is 7.12. The minimum atomic E-state index is 0.255. The van der Waals surface area contributed by atoms with Crippen molar-refractivity contribution in [2.24, 2.45) is 11.7 Å². The fourth-order valence-electron chi connectivity index (χ4n) is 1.78. The van der Waals surface area contributed by atoms with Crippen LogP contribution < -0.4 is 5.73 Å². The van der Waals surface area contributed by atoms with Gasteiger partial charge in [0.2, 0.25) is 0 Å². The van der Waals surface area contributed by atoms with Crippen LogP contribution in [-0.2, 0) is 6.54 Å². The molecule has 3 N–H and O–H groups in total. The third-order valence-corrected chi connectivity index (χ3v) is 2.45. The first-order valence-electron chi connectivity index (χ1n) is 6.02. The van der Waals surface area contributed by atoms with Crippen LogP contribution in [0.5, 0.6) is 0 Å². The fourth-order valence-corrected chi connectivity index (χ4v) is 1.78. The fraction of sp³-hybridized carbons (Fsp3) is 0.538. The Kier molecular flexibility index (Phi) is 5.63. The monoisotopic (exact) mass is 234 g/mol. The molecule has 0 aliphatic heterocycles. The Labute approximate surface area is 103 Å². The summed E-state index contributed by atoms with van der Waals surface area (Å²) in [4.78, 5) is 6.44. The molecule has 0 aliphatic rings. The summed E-state index contributed by atoms with van der Waals surface area (Å²) in [6.07, 6.45) is 4.31. The number of rotatable bonds is 7. The molecule has 4 heteroatoms. The van der Waals surface area contributed by atoms with E-state index in [1.165, 1.54) is 5.56 Å². The minimum absolute atomic E-state index is 0.255. The summed E-state index contributed by atoms with van der Waals surface area (Å²) in [5.74, 6) is 0.864. The molecule has 1 aromatic heterocycles. The van der Waals surface area contributed by atoms with Crippen LogP contribution in [0, 0.1) is 11.3 Å². The molecule has 1 aromatic rings. The molecule has 0 amide bonds. The highest BCUT2D eigenvalue weighted by Gasteiger charge is 2.08. The van der Waals surface area contributed by atoms with E-state index < -0.39 is 0 Å². The highest BCUT2D eigenvalue weighted by atomic mass is 15.1. The highest BCUT2D eigenvalue weighted by molar-refractivity contribution is 5.76. The van der Waals surface area contributed by atoms with Gasteiger partial charge in [-0.3, -0.25) is 15.3 Å². The third-order valence-electron chi connectivity index (χ3n) is 2.45. The zero-order chi connectivity index (χ0) is 12.7. The van der Waals surface area contributed by atoms with Gasteiger partial charge in [-0.15, -0.1) is 0 Å². The zero-order valence-corrected chi connectivity index (χ0v) is 10.7. The Morgan fingerprint density at radius 2 is 2.29 bits per heavy atom. The zero-order valence-electron chi connectivity index (χ0n) is 10.7. The summed E-state index contributed by atoms with van der Waals surface area (Å²) in [5, 5.41) is 7.29. The van der Waals surface area contributed by atoms with E-state index in [9.17, 15) is 0 Å². The summed E-state index contributed by atoms with van der Waals surface area (Å²) in [7, 11) is 0. The summed E-state index contributed by atoms with van der Waals surface area (Å²) >= 11 is 0. The van der Waals surface area contributed by atoms with Crippen LogP contribution in [0.25, 0.3) is 0 Å². The predicted octanol–water partition coefficient (Wildman–Crippen LogP) is 1.87. The van der Waals surface area contributed by atoms with E-state index in [2.05, 4.69) is 29.8 Å². The van der Waals surface area contributed by atoms with E-state index in [0.717, 1.165) is 19.6 Å². The second-order valence-corrected chi connectivity index (χ2v) is 4.77. The first-order valence-corrected chi connectivity index (χ1v) is 6.02. The molecule has 17 heavy (non-hydrogen) atoms. The van der Waals surface area contributed by atoms with Crippen molar-refractivity contribution in [3.63, 3.8) is 0 Å². The van der Waals surface area contributed by atoms with Crippen LogP contribution in [0.3, 0.4) is 0 Å². The molecule has 1 rings (SSSR count). The lowest BCUT2D eigenvalue weighted by Crippen LogP contribution is -2.30. The molecule has 0 saturated heterocycles. The Morgan fingerprint density at radius 1 is 1.53 bits per heavy atom. The first-order chi connectivity index (χ1) is 8.08. The van der Waals surface area contributed by atoms with Crippen LogP contribution in [-0.4, -0.2) is 28.8 Å². The number of pyridine rings is 1. The molecule has 1 heterocycles. The number of aromatic nitrogens is 1. The van der Waals surface area contributed by atoms with Crippen molar-refractivity contribution in [1.82, 2.24) is 9.88 Å². The van der Waals surface area contributed by atoms with Crippen molar-refractivity contribution in [2.45, 2.75) is 26.8 Å². The van der Waals surface area contributed by atoms with Crippen LogP contribution in [0.15, 0.2) is 24.5 Å². The van der Waals surface area contributed by atoms with Gasteiger partial charge in [0.05, 0.1) is 5.84 Å². The third kappa shape index (κ3) is 6.02. The maximum absolute atomic E-state index is 7.29. The van der Waals surface area contributed by atoms with Gasteiger partial charge in [-0.1, -0.05) is 19.9 Å². The number of amidine groups is 1. The molecule has 94 valence electrons. The molecule has 0 saturated carbocycles. The number of hydrogen-bond donors (Lipinski definition) is 2. The van der Waals surface area contributed by atoms with Crippen molar-refractivity contribution >= 4 is 5.84 Å². The molecule has 0 radical (unpaired) electrons. The van der Waals surface area contributed by atoms with E-state index in [1.54, 1.807) is 6.20 Å². The second kappa shape index (κ2) is 7.01. The molecule has 0 aromatic carbocycles. The quantitative estimate of drug-likeness (QED) is 0.559. The lowest BCUT2D eigenvalue weighted by Gasteiger charge is -2.23. The molecule has 0 aliphatic carbocycles.